The lowest BCUT2D eigenvalue weighted by Crippen LogP contribution is -2.40. The van der Waals surface area contributed by atoms with Crippen LogP contribution in [-0.4, -0.2) is 72.2 Å². The molecule has 1 heterocycles. The zero-order valence-corrected chi connectivity index (χ0v) is 19.9. The van der Waals surface area contributed by atoms with E-state index in [2.05, 4.69) is 0 Å². The number of anilines is 1. The summed E-state index contributed by atoms with van der Waals surface area (Å²) in [7, 11) is 5.21. The number of hydrogen-bond acceptors (Lipinski definition) is 7. The van der Waals surface area contributed by atoms with Crippen molar-refractivity contribution < 1.29 is 27.4 Å². The summed E-state index contributed by atoms with van der Waals surface area (Å²) in [5.41, 5.74) is 2.30. The normalized spacial score (nSPS) is 17.0. The van der Waals surface area contributed by atoms with E-state index < -0.39 is 15.9 Å². The fourth-order valence-corrected chi connectivity index (χ4v) is 5.59. The minimum Gasteiger partial charge on any atom is -0.493 e. The molecule has 0 spiro atoms. The summed E-state index contributed by atoms with van der Waals surface area (Å²) < 4.78 is 40.4. The quantitative estimate of drug-likeness (QED) is 0.596. The average molecular weight is 463 g/mol. The predicted molar refractivity (Wildman–Crippen MR) is 124 cm³/mol. The maximum Gasteiger partial charge on any atom is 0.254 e. The Morgan fingerprint density at radius 1 is 1.00 bits per heavy atom. The van der Waals surface area contributed by atoms with Gasteiger partial charge in [0, 0.05) is 37.9 Å². The average Bonchev–Trinajstić information content (AvgIpc) is 3.15. The molecule has 1 saturated heterocycles. The van der Waals surface area contributed by atoms with Crippen molar-refractivity contribution in [3.8, 4) is 17.2 Å². The monoisotopic (exact) mass is 462 g/mol. The second-order valence-corrected chi connectivity index (χ2v) is 10.2. The zero-order chi connectivity index (χ0) is 23.5. The predicted octanol–water partition coefficient (Wildman–Crippen LogP) is 2.61. The third kappa shape index (κ3) is 5.09. The lowest BCUT2D eigenvalue weighted by atomic mass is 10.1. The smallest absolute Gasteiger partial charge is 0.254 e. The topological polar surface area (TPSA) is 85.4 Å². The highest BCUT2D eigenvalue weighted by Crippen LogP contribution is 2.39. The largest absolute Gasteiger partial charge is 0.493 e. The van der Waals surface area contributed by atoms with E-state index in [9.17, 15) is 13.2 Å². The van der Waals surface area contributed by atoms with Crippen LogP contribution in [0.1, 0.15) is 22.3 Å². The molecule has 0 bridgehead atoms. The first-order valence-corrected chi connectivity index (χ1v) is 12.1. The van der Waals surface area contributed by atoms with E-state index in [0.29, 0.717) is 35.8 Å². The molecule has 3 rings (SSSR count). The van der Waals surface area contributed by atoms with Crippen LogP contribution in [0.3, 0.4) is 0 Å². The first-order chi connectivity index (χ1) is 15.2. The Kier molecular flexibility index (Phi) is 7.18. The first-order valence-electron chi connectivity index (χ1n) is 10.3. The highest BCUT2D eigenvalue weighted by Gasteiger charge is 2.35. The molecule has 8 nitrogen and oxygen atoms in total. The van der Waals surface area contributed by atoms with Gasteiger partial charge in [0.2, 0.25) is 5.75 Å². The third-order valence-electron chi connectivity index (χ3n) is 5.63. The fourth-order valence-electron chi connectivity index (χ4n) is 3.85. The molecule has 2 aromatic rings. The Morgan fingerprint density at radius 2 is 1.59 bits per heavy atom. The molecule has 174 valence electrons. The molecule has 0 N–H and O–H groups in total. The summed E-state index contributed by atoms with van der Waals surface area (Å²) in [5.74, 6) is 0.868. The second kappa shape index (κ2) is 9.68. The van der Waals surface area contributed by atoms with Crippen LogP contribution in [0.5, 0.6) is 17.2 Å². The van der Waals surface area contributed by atoms with Crippen LogP contribution in [0.4, 0.5) is 5.69 Å². The van der Waals surface area contributed by atoms with Gasteiger partial charge in [0.05, 0.1) is 32.8 Å². The summed E-state index contributed by atoms with van der Waals surface area (Å²) in [4.78, 5) is 17.3. The van der Waals surface area contributed by atoms with E-state index in [-0.39, 0.29) is 17.4 Å². The van der Waals surface area contributed by atoms with Gasteiger partial charge in [-0.3, -0.25) is 4.79 Å². The number of hydrogen-bond donors (Lipinski definition) is 0. The van der Waals surface area contributed by atoms with E-state index in [4.69, 9.17) is 14.2 Å². The first kappa shape index (κ1) is 23.7. The highest BCUT2D eigenvalue weighted by molar-refractivity contribution is 7.91. The lowest BCUT2D eigenvalue weighted by molar-refractivity contribution is 0.0680. The molecule has 1 aliphatic rings. The number of methoxy groups -OCH3 is 3. The number of carbonyl (C=O) groups is 1. The fraction of sp³-hybridized carbons (Fsp3) is 0.435. The van der Waals surface area contributed by atoms with Gasteiger partial charge in [-0.25, -0.2) is 8.42 Å². The summed E-state index contributed by atoms with van der Waals surface area (Å²) in [5, 5.41) is 0. The van der Waals surface area contributed by atoms with Crippen molar-refractivity contribution in [2.24, 2.45) is 0 Å². The number of nitrogens with zero attached hydrogens (tertiary/aromatic N) is 2. The Hall–Kier alpha value is -2.94. The van der Waals surface area contributed by atoms with Crippen molar-refractivity contribution in [3.63, 3.8) is 0 Å². The summed E-state index contributed by atoms with van der Waals surface area (Å²) in [6.07, 6.45) is 0.411. The van der Waals surface area contributed by atoms with Gasteiger partial charge in [-0.2, -0.15) is 0 Å². The van der Waals surface area contributed by atoms with E-state index in [1.165, 1.54) is 21.3 Å². The van der Waals surface area contributed by atoms with Crippen LogP contribution in [0.15, 0.2) is 36.4 Å². The molecular weight excluding hydrogens is 432 g/mol. The Morgan fingerprint density at radius 3 is 2.03 bits per heavy atom. The molecule has 1 aliphatic heterocycles. The van der Waals surface area contributed by atoms with Crippen molar-refractivity contribution in [1.82, 2.24) is 4.90 Å². The molecular formula is C23H30N2O6S. The standard InChI is InChI=1S/C23H30N2O6S/c1-24(2)18-8-6-16(7-9-18)14-25(19-10-11-32(27,28)15-19)23(26)17-12-20(29-3)22(31-5)21(13-17)30-4/h6-9,12-13,19H,10-11,14-15H2,1-5H3/t19-/m1/s1. The van der Waals surface area contributed by atoms with Crippen LogP contribution in [0.2, 0.25) is 0 Å². The molecule has 0 unspecified atom stereocenters. The summed E-state index contributed by atoms with van der Waals surface area (Å²) in [6, 6.07) is 10.6. The molecule has 32 heavy (non-hydrogen) atoms. The van der Waals surface area contributed by atoms with Crippen LogP contribution in [-0.2, 0) is 16.4 Å². The van der Waals surface area contributed by atoms with Gasteiger partial charge in [-0.1, -0.05) is 12.1 Å². The van der Waals surface area contributed by atoms with Crippen LogP contribution >= 0.6 is 0 Å². The summed E-state index contributed by atoms with van der Waals surface area (Å²) in [6.45, 7) is 0.295. The molecule has 0 aromatic heterocycles. The van der Waals surface area contributed by atoms with Crippen molar-refractivity contribution >= 4 is 21.4 Å². The highest BCUT2D eigenvalue weighted by atomic mass is 32.2. The van der Waals surface area contributed by atoms with Crippen LogP contribution in [0.25, 0.3) is 0 Å². The molecule has 9 heteroatoms. The van der Waals surface area contributed by atoms with Gasteiger partial charge in [-0.05, 0) is 36.2 Å². The Labute approximate surface area is 189 Å². The number of carbonyl (C=O) groups excluding carboxylic acids is 1. The molecule has 1 amide bonds. The van der Waals surface area contributed by atoms with Crippen LogP contribution in [0, 0.1) is 0 Å². The minimum absolute atomic E-state index is 0.0427. The molecule has 0 radical (unpaired) electrons. The van der Waals surface area contributed by atoms with E-state index in [1.54, 1.807) is 17.0 Å². The van der Waals surface area contributed by atoms with Crippen molar-refractivity contribution in [2.45, 2.75) is 19.0 Å². The maximum absolute atomic E-state index is 13.6. The molecule has 0 saturated carbocycles. The number of rotatable bonds is 8. The lowest BCUT2D eigenvalue weighted by Gasteiger charge is -2.29. The van der Waals surface area contributed by atoms with Gasteiger partial charge in [0.15, 0.2) is 21.3 Å². The van der Waals surface area contributed by atoms with Crippen molar-refractivity contribution in [3.05, 3.63) is 47.5 Å². The van der Waals surface area contributed by atoms with Gasteiger partial charge in [0.1, 0.15) is 0 Å². The number of sulfone groups is 1. The van der Waals surface area contributed by atoms with Gasteiger partial charge >= 0.3 is 0 Å². The molecule has 1 atom stereocenters. The summed E-state index contributed by atoms with van der Waals surface area (Å²) >= 11 is 0. The Balaban J connectivity index is 1.98. The van der Waals surface area contributed by atoms with Gasteiger partial charge in [-0.15, -0.1) is 0 Å². The Bertz CT molecular complexity index is 1040. The van der Waals surface area contributed by atoms with E-state index in [0.717, 1.165) is 11.3 Å². The van der Waals surface area contributed by atoms with Gasteiger partial charge < -0.3 is 24.0 Å². The number of ether oxygens (including phenoxy) is 3. The second-order valence-electron chi connectivity index (χ2n) is 7.96. The molecule has 1 fully saturated rings. The van der Waals surface area contributed by atoms with E-state index in [1.807, 2.05) is 43.3 Å². The number of benzene rings is 2. The third-order valence-corrected chi connectivity index (χ3v) is 7.38. The minimum atomic E-state index is -3.17. The van der Waals surface area contributed by atoms with Crippen LogP contribution < -0.4 is 19.1 Å². The maximum atomic E-state index is 13.6. The molecule has 2 aromatic carbocycles. The number of amides is 1. The van der Waals surface area contributed by atoms with Crippen molar-refractivity contribution in [2.75, 3.05) is 51.8 Å². The SMILES string of the molecule is COc1cc(C(=O)N(Cc2ccc(N(C)C)cc2)[C@@H]2CCS(=O)(=O)C2)cc(OC)c1OC. The van der Waals surface area contributed by atoms with Crippen molar-refractivity contribution in [1.29, 1.82) is 0 Å². The van der Waals surface area contributed by atoms with Gasteiger partial charge in [0.25, 0.3) is 5.91 Å². The molecule has 0 aliphatic carbocycles. The van der Waals surface area contributed by atoms with E-state index >= 15 is 0 Å². The zero-order valence-electron chi connectivity index (χ0n) is 19.1.